The lowest BCUT2D eigenvalue weighted by atomic mass is 10.2. The first-order valence-electron chi connectivity index (χ1n) is 5.42. The molecule has 0 heterocycles. The summed E-state index contributed by atoms with van der Waals surface area (Å²) in [5, 5.41) is 22.3. The number of nitro benzene ring substituents is 1. The Hall–Kier alpha value is -1.86. The normalized spacial score (nSPS) is 11.9. The van der Waals surface area contributed by atoms with Crippen LogP contribution in [0.5, 0.6) is 5.75 Å². The summed E-state index contributed by atoms with van der Waals surface area (Å²) in [5.74, 6) is -0.827. The second-order valence-electron chi connectivity index (χ2n) is 3.69. The maximum atomic E-state index is 10.7. The summed E-state index contributed by atoms with van der Waals surface area (Å²) in [6.07, 6.45) is 0.213. The highest BCUT2D eigenvalue weighted by Gasteiger charge is 2.15. The maximum absolute atomic E-state index is 10.7. The van der Waals surface area contributed by atoms with Crippen molar-refractivity contribution >= 4 is 23.3 Å². The highest BCUT2D eigenvalue weighted by molar-refractivity contribution is 6.32. The van der Waals surface area contributed by atoms with E-state index in [1.807, 2.05) is 0 Å². The van der Waals surface area contributed by atoms with Gasteiger partial charge >= 0.3 is 5.97 Å². The van der Waals surface area contributed by atoms with E-state index in [1.54, 1.807) is 0 Å². The number of likely N-dealkylation sites (N-methyl/N-ethyl adjacent to an activating group) is 1. The van der Waals surface area contributed by atoms with Gasteiger partial charge in [-0.3, -0.25) is 14.9 Å². The minimum absolute atomic E-state index is 0.0820. The van der Waals surface area contributed by atoms with Crippen molar-refractivity contribution in [3.05, 3.63) is 33.3 Å². The fraction of sp³-hybridized carbons (Fsp3) is 0.364. The van der Waals surface area contributed by atoms with Gasteiger partial charge in [0.25, 0.3) is 5.69 Å². The number of carbonyl (C=O) groups is 1. The van der Waals surface area contributed by atoms with Crippen molar-refractivity contribution < 1.29 is 19.6 Å². The lowest BCUT2D eigenvalue weighted by Crippen LogP contribution is -2.35. The van der Waals surface area contributed by atoms with E-state index in [0.29, 0.717) is 0 Å². The number of carboxylic acid groups (broad SMARTS) is 1. The molecule has 1 aromatic carbocycles. The van der Waals surface area contributed by atoms with Crippen molar-refractivity contribution in [1.29, 1.82) is 0 Å². The van der Waals surface area contributed by atoms with Crippen LogP contribution < -0.4 is 10.1 Å². The molecule has 19 heavy (non-hydrogen) atoms. The molecule has 1 atom stereocenters. The molecule has 0 aliphatic heterocycles. The van der Waals surface area contributed by atoms with E-state index in [4.69, 9.17) is 21.4 Å². The molecule has 1 aromatic rings. The van der Waals surface area contributed by atoms with Crippen LogP contribution in [0.25, 0.3) is 0 Å². The van der Waals surface area contributed by atoms with Crippen LogP contribution in [0.1, 0.15) is 6.42 Å². The Morgan fingerprint density at radius 1 is 1.63 bits per heavy atom. The zero-order valence-corrected chi connectivity index (χ0v) is 10.9. The van der Waals surface area contributed by atoms with Gasteiger partial charge < -0.3 is 15.2 Å². The first kappa shape index (κ1) is 15.2. The Labute approximate surface area is 114 Å². The molecule has 0 amide bonds. The third kappa shape index (κ3) is 4.38. The van der Waals surface area contributed by atoms with Gasteiger partial charge in [0.05, 0.1) is 22.6 Å². The molecule has 2 N–H and O–H groups in total. The van der Waals surface area contributed by atoms with Gasteiger partial charge in [-0.1, -0.05) is 11.6 Å². The fourth-order valence-corrected chi connectivity index (χ4v) is 1.57. The van der Waals surface area contributed by atoms with Gasteiger partial charge in [0.15, 0.2) is 0 Å². The minimum atomic E-state index is -0.990. The van der Waals surface area contributed by atoms with Crippen LogP contribution in [-0.4, -0.2) is 35.7 Å². The Kier molecular flexibility index (Phi) is 5.53. The first-order chi connectivity index (χ1) is 8.95. The van der Waals surface area contributed by atoms with Crippen LogP contribution in [0, 0.1) is 10.1 Å². The Balaban J connectivity index is 2.64. The summed E-state index contributed by atoms with van der Waals surface area (Å²) >= 11 is 5.83. The van der Waals surface area contributed by atoms with E-state index in [1.165, 1.54) is 25.2 Å². The van der Waals surface area contributed by atoms with Crippen molar-refractivity contribution in [2.24, 2.45) is 0 Å². The standard InChI is InChI=1S/C11H13ClN2O5/c1-13-9(11(15)16)4-5-19-10-6-7(14(17)18)2-3-8(10)12/h2-3,6,9,13H,4-5H2,1H3,(H,15,16). The SMILES string of the molecule is CNC(CCOc1cc([N+](=O)[O-])ccc1Cl)C(=O)O. The molecule has 0 spiro atoms. The van der Waals surface area contributed by atoms with Crippen LogP contribution in [0.4, 0.5) is 5.69 Å². The number of benzene rings is 1. The van der Waals surface area contributed by atoms with E-state index in [9.17, 15) is 14.9 Å². The summed E-state index contributed by atoms with van der Waals surface area (Å²) in [7, 11) is 1.53. The van der Waals surface area contributed by atoms with E-state index in [2.05, 4.69) is 5.32 Å². The number of ether oxygens (including phenoxy) is 1. The molecule has 104 valence electrons. The predicted octanol–water partition coefficient (Wildman–Crippen LogP) is 1.69. The molecule has 0 saturated heterocycles. The molecule has 8 heteroatoms. The number of rotatable bonds is 7. The second kappa shape index (κ2) is 6.91. The van der Waals surface area contributed by atoms with Gasteiger partial charge in [-0.2, -0.15) is 0 Å². The first-order valence-corrected chi connectivity index (χ1v) is 5.80. The van der Waals surface area contributed by atoms with E-state index in [-0.39, 0.29) is 29.5 Å². The molecule has 0 aromatic heterocycles. The second-order valence-corrected chi connectivity index (χ2v) is 4.10. The van der Waals surface area contributed by atoms with Crippen molar-refractivity contribution in [3.63, 3.8) is 0 Å². The Morgan fingerprint density at radius 2 is 2.32 bits per heavy atom. The Bertz CT molecular complexity index is 480. The van der Waals surface area contributed by atoms with Crippen molar-refractivity contribution in [1.82, 2.24) is 5.32 Å². The average Bonchev–Trinajstić information content (AvgIpc) is 2.35. The largest absolute Gasteiger partial charge is 0.492 e. The summed E-state index contributed by atoms with van der Waals surface area (Å²) in [5.41, 5.74) is -0.136. The maximum Gasteiger partial charge on any atom is 0.320 e. The number of halogens is 1. The van der Waals surface area contributed by atoms with Crippen LogP contribution in [0.3, 0.4) is 0 Å². The number of hydrogen-bond acceptors (Lipinski definition) is 5. The zero-order chi connectivity index (χ0) is 14.4. The molecule has 0 aliphatic carbocycles. The van der Waals surface area contributed by atoms with Crippen molar-refractivity contribution in [2.75, 3.05) is 13.7 Å². The quantitative estimate of drug-likeness (QED) is 0.585. The van der Waals surface area contributed by atoms with Gasteiger partial charge in [0, 0.05) is 12.5 Å². The Morgan fingerprint density at radius 3 is 2.84 bits per heavy atom. The van der Waals surface area contributed by atoms with Crippen LogP contribution in [0.2, 0.25) is 5.02 Å². The monoisotopic (exact) mass is 288 g/mol. The molecule has 0 bridgehead atoms. The number of nitrogens with one attached hydrogen (secondary N) is 1. The van der Waals surface area contributed by atoms with Crippen LogP contribution >= 0.6 is 11.6 Å². The summed E-state index contributed by atoms with van der Waals surface area (Å²) in [4.78, 5) is 20.8. The minimum Gasteiger partial charge on any atom is -0.492 e. The van der Waals surface area contributed by atoms with E-state index < -0.39 is 16.9 Å². The van der Waals surface area contributed by atoms with Crippen molar-refractivity contribution in [3.8, 4) is 5.75 Å². The number of nitrogens with zero attached hydrogens (tertiary/aromatic N) is 1. The van der Waals surface area contributed by atoms with E-state index in [0.717, 1.165) is 0 Å². The smallest absolute Gasteiger partial charge is 0.320 e. The third-order valence-corrected chi connectivity index (χ3v) is 2.75. The number of nitro groups is 1. The van der Waals surface area contributed by atoms with Gasteiger partial charge in [0.2, 0.25) is 0 Å². The molecule has 0 saturated carbocycles. The third-order valence-electron chi connectivity index (χ3n) is 2.44. The van der Waals surface area contributed by atoms with Gasteiger partial charge in [-0.25, -0.2) is 0 Å². The van der Waals surface area contributed by atoms with Gasteiger partial charge in [-0.05, 0) is 13.1 Å². The summed E-state index contributed by atoms with van der Waals surface area (Å²) < 4.78 is 5.27. The average molecular weight is 289 g/mol. The molecule has 0 fully saturated rings. The molecule has 1 rings (SSSR count). The number of non-ortho nitro benzene ring substituents is 1. The molecular formula is C11H13ClN2O5. The van der Waals surface area contributed by atoms with Crippen LogP contribution in [0.15, 0.2) is 18.2 Å². The fourth-order valence-electron chi connectivity index (χ4n) is 1.39. The molecular weight excluding hydrogens is 276 g/mol. The molecule has 7 nitrogen and oxygen atoms in total. The summed E-state index contributed by atoms with van der Waals surface area (Å²) in [6.45, 7) is 0.0820. The number of aliphatic carboxylic acids is 1. The number of hydrogen-bond donors (Lipinski definition) is 2. The lowest BCUT2D eigenvalue weighted by molar-refractivity contribution is -0.384. The molecule has 0 aliphatic rings. The number of carboxylic acids is 1. The van der Waals surface area contributed by atoms with Gasteiger partial charge in [-0.15, -0.1) is 0 Å². The molecule has 0 radical (unpaired) electrons. The highest BCUT2D eigenvalue weighted by Crippen LogP contribution is 2.28. The summed E-state index contributed by atoms with van der Waals surface area (Å²) in [6, 6.07) is 3.10. The zero-order valence-electron chi connectivity index (χ0n) is 10.1. The van der Waals surface area contributed by atoms with Gasteiger partial charge in [0.1, 0.15) is 11.8 Å². The highest BCUT2D eigenvalue weighted by atomic mass is 35.5. The van der Waals surface area contributed by atoms with E-state index >= 15 is 0 Å². The predicted molar refractivity (Wildman–Crippen MR) is 68.7 cm³/mol. The van der Waals surface area contributed by atoms with Crippen LogP contribution in [-0.2, 0) is 4.79 Å². The topological polar surface area (TPSA) is 102 Å². The van der Waals surface area contributed by atoms with Crippen molar-refractivity contribution in [2.45, 2.75) is 12.5 Å². The molecule has 1 unspecified atom stereocenters. The lowest BCUT2D eigenvalue weighted by Gasteiger charge is -2.12.